The second kappa shape index (κ2) is 36.5. The number of pyridine rings is 6. The van der Waals surface area contributed by atoms with Gasteiger partial charge in [0.15, 0.2) is 37.2 Å². The predicted octanol–water partition coefficient (Wildman–Crippen LogP) is 19.7. The largest absolute Gasteiger partial charge is 0.215 e. The molecule has 0 aliphatic rings. The van der Waals surface area contributed by atoms with E-state index < -0.39 is 44.6 Å². The van der Waals surface area contributed by atoms with E-state index in [9.17, 15) is 0 Å². The number of rotatable bonds is 11. The molecule has 0 N–H and O–H groups in total. The number of hydrogen-bond acceptors (Lipinski definition) is 0. The third-order valence-corrected chi connectivity index (χ3v) is 17.6. The molecule has 6 nitrogen and oxygen atoms in total. The van der Waals surface area contributed by atoms with Crippen molar-refractivity contribution in [3.8, 4) is 67.5 Å². The fraction of sp³-hybridized carbons (Fsp3) is 0.283. The first-order chi connectivity index (χ1) is 52.3. The van der Waals surface area contributed by atoms with Crippen molar-refractivity contribution in [1.82, 2.24) is 0 Å². The molecular formula is C92H112N6+6. The van der Waals surface area contributed by atoms with Crippen molar-refractivity contribution in [2.75, 3.05) is 0 Å². The average Bonchev–Trinajstić information content (AvgIpc) is 0.646. The van der Waals surface area contributed by atoms with Gasteiger partial charge >= 0.3 is 0 Å². The Morgan fingerprint density at radius 3 is 1.27 bits per heavy atom. The molecule has 0 radical (unpaired) electrons. The first-order valence-electron chi connectivity index (χ1n) is 40.6. The molecule has 0 fully saturated rings. The minimum Gasteiger partial charge on any atom is -0.201 e. The van der Waals surface area contributed by atoms with Crippen LogP contribution in [0.25, 0.3) is 67.5 Å². The van der Waals surface area contributed by atoms with E-state index in [4.69, 9.17) is 19.2 Å². The molecule has 0 amide bonds. The SMILES string of the molecule is CCc1cc[n+](C)c(-c2ccccc2C)c1.Cc1ccc(-c2cccc[n+]2C)c(C)c1.[2H]C([2H])(C)c1ccc[n+](C)c1-c1ccccc1C.[2H]C([2H])([2H])C([2H])(C)c1cc[n+](C)c(-c2ccccc2C)c1.[2H]C([2H])([2H])C([2H])(C)c1ccc(-c2ccccc2C)[n+](C)c1.[2H]C([2H])([2H])C([2H])(C)c1ccc[n+](C)c1-c1ccccc1C. The topological polar surface area (TPSA) is 23.3 Å². The third-order valence-electron chi connectivity index (χ3n) is 17.6. The number of aryl methyl sites for hydroxylation is 15. The highest BCUT2D eigenvalue weighted by Gasteiger charge is 2.21. The molecule has 3 unspecified atom stereocenters. The van der Waals surface area contributed by atoms with Gasteiger partial charge in [-0.2, -0.15) is 0 Å². The fourth-order valence-electron chi connectivity index (χ4n) is 11.8. The van der Waals surface area contributed by atoms with Gasteiger partial charge < -0.3 is 0 Å². The van der Waals surface area contributed by atoms with Crippen LogP contribution in [0.1, 0.15) is 159 Å². The molecule has 0 aliphatic carbocycles. The van der Waals surface area contributed by atoms with E-state index in [0.717, 1.165) is 79.3 Å². The summed E-state index contributed by atoms with van der Waals surface area (Å²) >= 11 is 0. The maximum Gasteiger partial charge on any atom is 0.215 e. The van der Waals surface area contributed by atoms with E-state index in [2.05, 4.69) is 143 Å². The summed E-state index contributed by atoms with van der Waals surface area (Å²) in [6, 6.07) is 72.2. The lowest BCUT2D eigenvalue weighted by Crippen LogP contribution is -2.32. The summed E-state index contributed by atoms with van der Waals surface area (Å²) in [5.74, 6) is -4.91. The summed E-state index contributed by atoms with van der Waals surface area (Å²) in [4.78, 5) is 0. The standard InChI is InChI=1S/3C16H20N.2C15H18N.C14H16N/c1-12(2)14-10-7-11-17(4)16(14)15-9-6-5-8-13(15)3;1-12(2)14-9-10-17(4)16(11-14)15-8-6-5-7-13(15)3;1-12(2)14-9-10-16(17(4)11-14)15-8-6-5-7-13(15)3;1-4-13-9-7-11-16(3)15(13)14-10-6-5-8-12(14)2;1-4-13-9-10-16(3)15(11-13)14-8-6-5-7-12(14)2;1-11-7-8-13(12(2)10-11)14-6-4-5-9-15(14)3/h3*5-12H,1-4H3;2*5-11H,4H2,1-3H3;4-10H,1-3H3/q6*+1/i3*1D3,12D;4D2;;. The number of aromatic nitrogens is 6. The van der Waals surface area contributed by atoms with Gasteiger partial charge in [0.2, 0.25) is 34.2 Å². The molecule has 0 saturated heterocycles. The summed E-state index contributed by atoms with van der Waals surface area (Å²) < 4.78 is 121. The van der Waals surface area contributed by atoms with Crippen molar-refractivity contribution in [1.29, 1.82) is 0 Å². The molecule has 98 heavy (non-hydrogen) atoms. The van der Waals surface area contributed by atoms with Crippen molar-refractivity contribution in [3.05, 3.63) is 322 Å². The Morgan fingerprint density at radius 2 is 0.765 bits per heavy atom. The molecule has 12 rings (SSSR count). The summed E-state index contributed by atoms with van der Waals surface area (Å²) in [7, 11) is 11.8. The molecule has 504 valence electrons. The minimum atomic E-state index is -2.39. The summed E-state index contributed by atoms with van der Waals surface area (Å²) in [6.07, 6.45) is 11.3. The van der Waals surface area contributed by atoms with Crippen molar-refractivity contribution < 1.29 is 46.6 Å². The molecule has 6 heterocycles. The maximum atomic E-state index is 8.40. The zero-order valence-corrected chi connectivity index (χ0v) is 61.1. The van der Waals surface area contributed by atoms with Crippen LogP contribution in [-0.4, -0.2) is 0 Å². The van der Waals surface area contributed by atoms with Crippen LogP contribution < -0.4 is 27.4 Å². The quantitative estimate of drug-likeness (QED) is 0.115. The Hall–Kier alpha value is -9.78. The van der Waals surface area contributed by atoms with E-state index in [1.54, 1.807) is 37.4 Å². The van der Waals surface area contributed by atoms with Crippen LogP contribution in [-0.2, 0) is 55.1 Å². The first-order valence-corrected chi connectivity index (χ1v) is 33.6. The Balaban J connectivity index is 0.000000187. The lowest BCUT2D eigenvalue weighted by atomic mass is 9.94. The normalized spacial score (nSPS) is 15.1. The van der Waals surface area contributed by atoms with Gasteiger partial charge in [0.25, 0.3) is 0 Å². The van der Waals surface area contributed by atoms with Crippen molar-refractivity contribution >= 4 is 0 Å². The number of benzene rings is 6. The summed E-state index contributed by atoms with van der Waals surface area (Å²) in [5, 5.41) is 0. The van der Waals surface area contributed by atoms with Gasteiger partial charge in [-0.3, -0.25) is 0 Å². The van der Waals surface area contributed by atoms with Gasteiger partial charge in [-0.05, 0) is 184 Å². The molecule has 0 bridgehead atoms. The predicted molar refractivity (Wildman–Crippen MR) is 413 cm³/mol. The monoisotopic (exact) mass is 1310 g/mol. The summed E-state index contributed by atoms with van der Waals surface area (Å²) in [5.41, 5.74) is 25.1. The highest BCUT2D eigenvalue weighted by Crippen LogP contribution is 2.30. The van der Waals surface area contributed by atoms with Crippen molar-refractivity contribution in [2.45, 2.75) is 134 Å². The lowest BCUT2D eigenvalue weighted by molar-refractivity contribution is -0.661. The Bertz CT molecular complexity index is 5200. The van der Waals surface area contributed by atoms with Gasteiger partial charge in [0.1, 0.15) is 42.3 Å². The molecule has 0 aliphatic heterocycles. The molecule has 0 saturated carbocycles. The van der Waals surface area contributed by atoms with Crippen LogP contribution in [0.5, 0.6) is 0 Å². The third kappa shape index (κ3) is 20.2. The van der Waals surface area contributed by atoms with E-state index in [1.165, 1.54) is 65.5 Å². The minimum absolute atomic E-state index is 0.488. The van der Waals surface area contributed by atoms with Crippen LogP contribution in [0.15, 0.2) is 256 Å². The van der Waals surface area contributed by atoms with Gasteiger partial charge in [-0.15, -0.1) is 0 Å². The maximum absolute atomic E-state index is 8.40. The zero-order chi connectivity index (χ0) is 83.2. The van der Waals surface area contributed by atoms with E-state index in [-0.39, 0.29) is 0 Å². The molecule has 12 aromatic rings. The Labute approximate surface area is 610 Å². The van der Waals surface area contributed by atoms with Crippen LogP contribution in [0, 0.1) is 48.5 Å². The highest BCUT2D eigenvalue weighted by atomic mass is 14.9. The number of nitrogens with zero attached hydrogens (tertiary/aromatic N) is 6. The van der Waals surface area contributed by atoms with E-state index in [1.807, 2.05) is 207 Å². The van der Waals surface area contributed by atoms with Crippen molar-refractivity contribution in [2.24, 2.45) is 42.3 Å². The second-order valence-corrected chi connectivity index (χ2v) is 25.2. The second-order valence-electron chi connectivity index (χ2n) is 25.2. The van der Waals surface area contributed by atoms with Crippen LogP contribution in [0.3, 0.4) is 0 Å². The Kier molecular flexibility index (Phi) is 21.4. The Morgan fingerprint density at radius 1 is 0.337 bits per heavy atom. The molecule has 0 spiro atoms. The van der Waals surface area contributed by atoms with E-state index in [0.29, 0.717) is 16.7 Å². The lowest BCUT2D eigenvalue weighted by Gasteiger charge is -2.11. The first kappa shape index (κ1) is 57.3. The van der Waals surface area contributed by atoms with Crippen molar-refractivity contribution in [3.63, 3.8) is 0 Å². The van der Waals surface area contributed by atoms with Crippen LogP contribution >= 0.6 is 0 Å². The fourth-order valence-corrected chi connectivity index (χ4v) is 11.8. The van der Waals surface area contributed by atoms with Crippen LogP contribution in [0.2, 0.25) is 0 Å². The molecule has 6 aromatic carbocycles. The van der Waals surface area contributed by atoms with Gasteiger partial charge in [0.05, 0.1) is 0 Å². The molecule has 6 aromatic heterocycles. The zero-order valence-electron chi connectivity index (χ0n) is 75.1. The molecular weight excluding hydrogens is 1190 g/mol. The molecule has 6 heteroatoms. The van der Waals surface area contributed by atoms with Gasteiger partial charge in [-0.25, -0.2) is 27.4 Å². The summed E-state index contributed by atoms with van der Waals surface area (Å²) in [6.45, 7) is 15.6. The van der Waals surface area contributed by atoms with E-state index >= 15 is 0 Å². The smallest absolute Gasteiger partial charge is 0.201 e. The number of hydrogen-bond donors (Lipinski definition) is 0. The highest BCUT2D eigenvalue weighted by molar-refractivity contribution is 5.67. The van der Waals surface area contributed by atoms with Gasteiger partial charge in [-0.1, -0.05) is 164 Å². The average molecular weight is 1320 g/mol. The van der Waals surface area contributed by atoms with Crippen LogP contribution in [0.4, 0.5) is 0 Å². The van der Waals surface area contributed by atoms with Gasteiger partial charge in [0, 0.05) is 124 Å². The molecule has 3 atom stereocenters.